The Hall–Kier alpha value is -0.270. The number of aromatic nitrogens is 2. The maximum absolute atomic E-state index is 13.6. The number of aliphatic hydroxyl groups is 1. The molecule has 1 fully saturated rings. The van der Waals surface area contributed by atoms with E-state index in [1.54, 1.807) is 0 Å². The lowest BCUT2D eigenvalue weighted by molar-refractivity contribution is -0.0330. The molecule has 0 saturated carbocycles. The molecule has 0 unspecified atom stereocenters. The van der Waals surface area contributed by atoms with Crippen LogP contribution in [0.4, 0.5) is 9.52 Å². The molecule has 15 heavy (non-hydrogen) atoms. The van der Waals surface area contributed by atoms with Crippen molar-refractivity contribution in [2.75, 3.05) is 18.0 Å². The maximum Gasteiger partial charge on any atom is 0.209 e. The van der Waals surface area contributed by atoms with Crippen LogP contribution in [0.3, 0.4) is 0 Å². The Morgan fingerprint density at radius 2 is 2.40 bits per heavy atom. The lowest BCUT2D eigenvalue weighted by Gasteiger charge is -2.38. The summed E-state index contributed by atoms with van der Waals surface area (Å²) in [5.74, 6) is 0. The number of nitrogens with zero attached hydrogens (tertiary/aromatic N) is 3. The molecule has 0 spiro atoms. The zero-order chi connectivity index (χ0) is 11.1. The third-order valence-corrected chi connectivity index (χ3v) is 4.02. The van der Waals surface area contributed by atoms with Gasteiger partial charge in [-0.2, -0.15) is 0 Å². The van der Waals surface area contributed by atoms with E-state index in [0.29, 0.717) is 22.0 Å². The molecule has 0 aromatic carbocycles. The molecule has 7 heteroatoms. The van der Waals surface area contributed by atoms with E-state index >= 15 is 0 Å². The van der Waals surface area contributed by atoms with Gasteiger partial charge in [-0.3, -0.25) is 0 Å². The van der Waals surface area contributed by atoms with Crippen LogP contribution >= 0.6 is 27.3 Å². The van der Waals surface area contributed by atoms with Crippen molar-refractivity contribution in [3.05, 3.63) is 3.92 Å². The van der Waals surface area contributed by atoms with Gasteiger partial charge in [0.25, 0.3) is 0 Å². The zero-order valence-electron chi connectivity index (χ0n) is 8.15. The van der Waals surface area contributed by atoms with Crippen LogP contribution in [0.1, 0.15) is 13.3 Å². The van der Waals surface area contributed by atoms with Crippen molar-refractivity contribution >= 4 is 32.4 Å². The Morgan fingerprint density at radius 1 is 1.67 bits per heavy atom. The largest absolute Gasteiger partial charge is 0.387 e. The van der Waals surface area contributed by atoms with Crippen LogP contribution in [0.15, 0.2) is 3.92 Å². The second kappa shape index (κ2) is 3.95. The molecule has 84 valence electrons. The van der Waals surface area contributed by atoms with Gasteiger partial charge in [-0.25, -0.2) is 4.39 Å². The molecule has 1 aromatic heterocycles. The van der Waals surface area contributed by atoms with Crippen molar-refractivity contribution in [3.63, 3.8) is 0 Å². The molecule has 0 bridgehead atoms. The first kappa shape index (κ1) is 11.2. The molecule has 1 N–H and O–H groups in total. The summed E-state index contributed by atoms with van der Waals surface area (Å²) in [4.78, 5) is 1.81. The highest BCUT2D eigenvalue weighted by Crippen LogP contribution is 2.31. The van der Waals surface area contributed by atoms with Gasteiger partial charge in [0.2, 0.25) is 5.13 Å². The van der Waals surface area contributed by atoms with Crippen molar-refractivity contribution in [1.82, 2.24) is 10.2 Å². The maximum atomic E-state index is 13.6. The van der Waals surface area contributed by atoms with Crippen LogP contribution in [0.2, 0.25) is 0 Å². The van der Waals surface area contributed by atoms with Crippen LogP contribution in [-0.2, 0) is 0 Å². The molecule has 0 amide bonds. The molecule has 1 aliphatic heterocycles. The number of rotatable bonds is 1. The quantitative estimate of drug-likeness (QED) is 0.855. The van der Waals surface area contributed by atoms with E-state index in [1.165, 1.54) is 18.3 Å². The normalized spacial score (nSPS) is 32.0. The minimum absolute atomic E-state index is 0.175. The molecule has 2 atom stereocenters. The summed E-state index contributed by atoms with van der Waals surface area (Å²) in [6, 6.07) is 0. The highest BCUT2D eigenvalue weighted by Gasteiger charge is 2.38. The second-order valence-corrected chi connectivity index (χ2v) is 6.09. The average Bonchev–Trinajstić information content (AvgIpc) is 2.57. The van der Waals surface area contributed by atoms with Crippen molar-refractivity contribution in [2.45, 2.75) is 25.1 Å². The fourth-order valence-electron chi connectivity index (χ4n) is 1.50. The van der Waals surface area contributed by atoms with Gasteiger partial charge in [0.15, 0.2) is 3.92 Å². The Kier molecular flexibility index (Phi) is 2.96. The van der Waals surface area contributed by atoms with E-state index in [2.05, 4.69) is 26.1 Å². The van der Waals surface area contributed by atoms with E-state index in [-0.39, 0.29) is 6.54 Å². The standard InChI is InChI=1S/C8H11BrFN3OS/c1-8(14)2-3-13(4-5(8)10)7-12-11-6(9)15-7/h5,14H,2-4H2,1H3/t5-,8-/m1/s1. The Labute approximate surface area is 99.3 Å². The second-order valence-electron chi connectivity index (χ2n) is 3.86. The number of hydrogen-bond donors (Lipinski definition) is 1. The van der Waals surface area contributed by atoms with Gasteiger partial charge < -0.3 is 10.0 Å². The first-order chi connectivity index (χ1) is 6.99. The summed E-state index contributed by atoms with van der Waals surface area (Å²) < 4.78 is 14.2. The van der Waals surface area contributed by atoms with Crippen molar-refractivity contribution in [1.29, 1.82) is 0 Å². The van der Waals surface area contributed by atoms with Gasteiger partial charge >= 0.3 is 0 Å². The molecular weight excluding hydrogens is 285 g/mol. The monoisotopic (exact) mass is 295 g/mol. The Bertz CT molecular complexity index is 359. The molecule has 2 heterocycles. The summed E-state index contributed by atoms with van der Waals surface area (Å²) in [7, 11) is 0. The SMILES string of the molecule is C[C@@]1(O)CCN(c2nnc(Br)s2)C[C@H]1F. The first-order valence-corrected chi connectivity index (χ1v) is 6.20. The summed E-state index contributed by atoms with van der Waals surface area (Å²) >= 11 is 4.58. The predicted octanol–water partition coefficient (Wildman–Crippen LogP) is 1.60. The minimum Gasteiger partial charge on any atom is -0.387 e. The third-order valence-electron chi connectivity index (χ3n) is 2.60. The lowest BCUT2D eigenvalue weighted by atomic mass is 9.92. The number of alkyl halides is 1. The van der Waals surface area contributed by atoms with E-state index in [0.717, 1.165) is 0 Å². The number of piperidine rings is 1. The number of halogens is 2. The van der Waals surface area contributed by atoms with Crippen LogP contribution in [0.25, 0.3) is 0 Å². The fourth-order valence-corrected chi connectivity index (χ4v) is 2.62. The fraction of sp³-hybridized carbons (Fsp3) is 0.750. The van der Waals surface area contributed by atoms with Gasteiger partial charge in [-0.1, -0.05) is 11.3 Å². The van der Waals surface area contributed by atoms with Crippen LogP contribution in [0, 0.1) is 0 Å². The van der Waals surface area contributed by atoms with Gasteiger partial charge in [0.05, 0.1) is 12.1 Å². The highest BCUT2D eigenvalue weighted by atomic mass is 79.9. The summed E-state index contributed by atoms with van der Waals surface area (Å²) in [6.07, 6.45) is -0.834. The molecule has 1 aliphatic rings. The summed E-state index contributed by atoms with van der Waals surface area (Å²) in [6.45, 7) is 2.31. The Balaban J connectivity index is 2.09. The van der Waals surface area contributed by atoms with E-state index < -0.39 is 11.8 Å². The van der Waals surface area contributed by atoms with Crippen molar-refractivity contribution in [2.24, 2.45) is 0 Å². The van der Waals surface area contributed by atoms with Crippen molar-refractivity contribution < 1.29 is 9.50 Å². The molecule has 4 nitrogen and oxygen atoms in total. The zero-order valence-corrected chi connectivity index (χ0v) is 10.6. The molecule has 0 radical (unpaired) electrons. The van der Waals surface area contributed by atoms with Gasteiger partial charge in [-0.05, 0) is 29.3 Å². The van der Waals surface area contributed by atoms with E-state index in [1.807, 2.05) is 4.90 Å². The summed E-state index contributed by atoms with van der Waals surface area (Å²) in [5.41, 5.74) is -1.21. The molecule has 0 aliphatic carbocycles. The molecule has 1 saturated heterocycles. The molecule has 2 rings (SSSR count). The van der Waals surface area contributed by atoms with Crippen LogP contribution < -0.4 is 4.90 Å². The lowest BCUT2D eigenvalue weighted by Crippen LogP contribution is -2.51. The number of anilines is 1. The Morgan fingerprint density at radius 3 is 2.93 bits per heavy atom. The van der Waals surface area contributed by atoms with Crippen LogP contribution in [0.5, 0.6) is 0 Å². The molecule has 1 aromatic rings. The molecular formula is C8H11BrFN3OS. The predicted molar refractivity (Wildman–Crippen MR) is 60.0 cm³/mol. The topological polar surface area (TPSA) is 49.2 Å². The van der Waals surface area contributed by atoms with E-state index in [4.69, 9.17) is 0 Å². The third kappa shape index (κ3) is 2.29. The van der Waals surface area contributed by atoms with E-state index in [9.17, 15) is 9.50 Å². The number of hydrogen-bond acceptors (Lipinski definition) is 5. The summed E-state index contributed by atoms with van der Waals surface area (Å²) in [5, 5.41) is 18.1. The average molecular weight is 296 g/mol. The first-order valence-electron chi connectivity index (χ1n) is 4.59. The van der Waals surface area contributed by atoms with Gasteiger partial charge in [-0.15, -0.1) is 10.2 Å². The van der Waals surface area contributed by atoms with Gasteiger partial charge in [0.1, 0.15) is 6.17 Å². The minimum atomic E-state index is -1.24. The van der Waals surface area contributed by atoms with Gasteiger partial charge in [0, 0.05) is 6.54 Å². The highest BCUT2D eigenvalue weighted by molar-refractivity contribution is 9.11. The van der Waals surface area contributed by atoms with Crippen LogP contribution in [-0.4, -0.2) is 40.2 Å². The smallest absolute Gasteiger partial charge is 0.209 e. The van der Waals surface area contributed by atoms with Crippen molar-refractivity contribution in [3.8, 4) is 0 Å².